The highest BCUT2D eigenvalue weighted by atomic mass is 14.3. The Morgan fingerprint density at radius 3 is 2.35 bits per heavy atom. The van der Waals surface area contributed by atoms with E-state index in [2.05, 4.69) is 55.5 Å². The molecular weight excluding hydrogens is 240 g/mol. The van der Waals surface area contributed by atoms with E-state index < -0.39 is 0 Å². The van der Waals surface area contributed by atoms with E-state index in [0.29, 0.717) is 0 Å². The molecule has 3 rings (SSSR count). The lowest BCUT2D eigenvalue weighted by Gasteiger charge is -2.33. The van der Waals surface area contributed by atoms with Gasteiger partial charge in [-0.1, -0.05) is 74.7 Å². The molecule has 0 spiro atoms. The largest absolute Gasteiger partial charge is 0.0802 e. The van der Waals surface area contributed by atoms with Gasteiger partial charge in [0.1, 0.15) is 0 Å². The zero-order chi connectivity index (χ0) is 13.8. The normalized spacial score (nSPS) is 30.1. The van der Waals surface area contributed by atoms with Gasteiger partial charge in [0.05, 0.1) is 0 Å². The van der Waals surface area contributed by atoms with Gasteiger partial charge in [-0.3, -0.25) is 0 Å². The number of rotatable bonds is 3. The van der Waals surface area contributed by atoms with Crippen molar-refractivity contribution < 1.29 is 0 Å². The van der Waals surface area contributed by atoms with Gasteiger partial charge in [-0.25, -0.2) is 0 Å². The molecule has 0 aromatic heterocycles. The van der Waals surface area contributed by atoms with E-state index in [1.54, 1.807) is 0 Å². The smallest absolute Gasteiger partial charge is 0.0167 e. The molecule has 20 heavy (non-hydrogen) atoms. The summed E-state index contributed by atoms with van der Waals surface area (Å²) in [6.07, 6.45) is 15.7. The van der Waals surface area contributed by atoms with Crippen LogP contribution in [0.1, 0.15) is 51.0 Å². The monoisotopic (exact) mass is 266 g/mol. The van der Waals surface area contributed by atoms with Crippen molar-refractivity contribution in [2.75, 3.05) is 0 Å². The van der Waals surface area contributed by atoms with Gasteiger partial charge < -0.3 is 0 Å². The number of hydrogen-bond donors (Lipinski definition) is 0. The van der Waals surface area contributed by atoms with Crippen molar-refractivity contribution in [3.8, 4) is 0 Å². The highest BCUT2D eigenvalue weighted by Crippen LogP contribution is 2.38. The minimum Gasteiger partial charge on any atom is -0.0802 e. The second-order valence-electron chi connectivity index (χ2n) is 6.47. The van der Waals surface area contributed by atoms with Crippen molar-refractivity contribution >= 4 is 5.57 Å². The summed E-state index contributed by atoms with van der Waals surface area (Å²) in [6.45, 7) is 2.35. The van der Waals surface area contributed by atoms with Crippen LogP contribution in [0.4, 0.5) is 0 Å². The van der Waals surface area contributed by atoms with Crippen LogP contribution in [0.15, 0.2) is 48.6 Å². The van der Waals surface area contributed by atoms with E-state index in [0.717, 1.165) is 17.8 Å². The molecule has 1 fully saturated rings. The first-order chi connectivity index (χ1) is 9.86. The van der Waals surface area contributed by atoms with Crippen molar-refractivity contribution in [1.82, 2.24) is 0 Å². The molecule has 1 aromatic rings. The van der Waals surface area contributed by atoms with E-state index in [1.165, 1.54) is 49.7 Å². The van der Waals surface area contributed by atoms with Crippen LogP contribution in [0.5, 0.6) is 0 Å². The Morgan fingerprint density at radius 1 is 1.00 bits per heavy atom. The van der Waals surface area contributed by atoms with Gasteiger partial charge in [0, 0.05) is 0 Å². The molecule has 0 amide bonds. The van der Waals surface area contributed by atoms with Gasteiger partial charge >= 0.3 is 0 Å². The maximum absolute atomic E-state index is 2.49. The molecule has 2 aliphatic rings. The summed E-state index contributed by atoms with van der Waals surface area (Å²) < 4.78 is 0. The highest BCUT2D eigenvalue weighted by molar-refractivity contribution is 5.74. The molecule has 0 aliphatic heterocycles. The molecule has 0 N–H and O–H groups in total. The van der Waals surface area contributed by atoms with Gasteiger partial charge in [0.25, 0.3) is 0 Å². The SMILES string of the molecule is CC[C@H]1CC[C@H](C2C=CC(c3ccccc3)=CC2)CC1. The number of allylic oxidation sites excluding steroid dienone is 4. The molecule has 1 saturated carbocycles. The third-order valence-corrected chi connectivity index (χ3v) is 5.31. The Hall–Kier alpha value is -1.30. The van der Waals surface area contributed by atoms with Crippen LogP contribution >= 0.6 is 0 Å². The van der Waals surface area contributed by atoms with Gasteiger partial charge in [0.2, 0.25) is 0 Å². The molecule has 1 unspecified atom stereocenters. The molecule has 106 valence electrons. The van der Waals surface area contributed by atoms with Crippen LogP contribution in [-0.2, 0) is 0 Å². The zero-order valence-electron chi connectivity index (χ0n) is 12.6. The average Bonchev–Trinajstić information content (AvgIpc) is 2.56. The second kappa shape index (κ2) is 6.43. The summed E-state index contributed by atoms with van der Waals surface area (Å²) in [7, 11) is 0. The first-order valence-corrected chi connectivity index (χ1v) is 8.30. The average molecular weight is 266 g/mol. The maximum atomic E-state index is 2.49. The zero-order valence-corrected chi connectivity index (χ0v) is 12.6. The fourth-order valence-electron chi connectivity index (χ4n) is 3.86. The molecule has 1 aromatic carbocycles. The van der Waals surface area contributed by atoms with Crippen LogP contribution in [0.25, 0.3) is 5.57 Å². The minimum atomic E-state index is 0.792. The molecule has 1 atom stereocenters. The number of benzene rings is 1. The van der Waals surface area contributed by atoms with Crippen LogP contribution in [0, 0.1) is 17.8 Å². The second-order valence-corrected chi connectivity index (χ2v) is 6.47. The van der Waals surface area contributed by atoms with Crippen molar-refractivity contribution in [2.24, 2.45) is 17.8 Å². The molecular formula is C20H26. The quantitative estimate of drug-likeness (QED) is 0.642. The predicted molar refractivity (Wildman–Crippen MR) is 87.4 cm³/mol. The predicted octanol–water partition coefficient (Wildman–Crippen LogP) is 5.86. The Labute approximate surface area is 123 Å². The van der Waals surface area contributed by atoms with E-state index in [-0.39, 0.29) is 0 Å². The Balaban J connectivity index is 1.59. The molecule has 0 radical (unpaired) electrons. The minimum absolute atomic E-state index is 0.792. The van der Waals surface area contributed by atoms with E-state index in [4.69, 9.17) is 0 Å². The molecule has 0 heteroatoms. The number of hydrogen-bond acceptors (Lipinski definition) is 0. The molecule has 0 nitrogen and oxygen atoms in total. The summed E-state index contributed by atoms with van der Waals surface area (Å²) in [5, 5.41) is 0. The van der Waals surface area contributed by atoms with Crippen molar-refractivity contribution in [2.45, 2.75) is 45.4 Å². The van der Waals surface area contributed by atoms with Gasteiger partial charge in [-0.15, -0.1) is 0 Å². The Morgan fingerprint density at radius 2 is 1.75 bits per heavy atom. The molecule has 0 heterocycles. The summed E-state index contributed by atoms with van der Waals surface area (Å²) in [5.74, 6) is 2.73. The summed E-state index contributed by atoms with van der Waals surface area (Å²) >= 11 is 0. The van der Waals surface area contributed by atoms with Crippen LogP contribution in [-0.4, -0.2) is 0 Å². The molecule has 0 bridgehead atoms. The third-order valence-electron chi connectivity index (χ3n) is 5.31. The van der Waals surface area contributed by atoms with Crippen molar-refractivity contribution in [3.63, 3.8) is 0 Å². The lowest BCUT2D eigenvalue weighted by atomic mass is 9.73. The van der Waals surface area contributed by atoms with Crippen LogP contribution in [0.3, 0.4) is 0 Å². The third kappa shape index (κ3) is 3.06. The maximum Gasteiger partial charge on any atom is -0.0167 e. The van der Waals surface area contributed by atoms with E-state index >= 15 is 0 Å². The first kappa shape index (κ1) is 13.7. The van der Waals surface area contributed by atoms with Gasteiger partial charge in [-0.2, -0.15) is 0 Å². The summed E-state index contributed by atoms with van der Waals surface area (Å²) in [4.78, 5) is 0. The fraction of sp³-hybridized carbons (Fsp3) is 0.500. The summed E-state index contributed by atoms with van der Waals surface area (Å²) in [5.41, 5.74) is 2.76. The van der Waals surface area contributed by atoms with Crippen LogP contribution in [0.2, 0.25) is 0 Å². The first-order valence-electron chi connectivity index (χ1n) is 8.30. The van der Waals surface area contributed by atoms with Crippen molar-refractivity contribution in [3.05, 3.63) is 54.1 Å². The Kier molecular flexibility index (Phi) is 4.40. The summed E-state index contributed by atoms with van der Waals surface area (Å²) in [6, 6.07) is 10.8. The topological polar surface area (TPSA) is 0 Å². The van der Waals surface area contributed by atoms with Gasteiger partial charge in [-0.05, 0) is 48.2 Å². The van der Waals surface area contributed by atoms with E-state index in [1.807, 2.05) is 0 Å². The highest BCUT2D eigenvalue weighted by Gasteiger charge is 2.26. The Bertz CT molecular complexity index is 472. The molecule has 0 saturated heterocycles. The van der Waals surface area contributed by atoms with Gasteiger partial charge in [0.15, 0.2) is 0 Å². The lowest BCUT2D eigenvalue weighted by molar-refractivity contribution is 0.226. The van der Waals surface area contributed by atoms with Crippen LogP contribution < -0.4 is 0 Å². The molecule has 2 aliphatic carbocycles. The lowest BCUT2D eigenvalue weighted by Crippen LogP contribution is -2.21. The standard InChI is InChI=1S/C20H26/c1-2-16-8-10-18(11-9-16)20-14-12-19(13-15-20)17-6-4-3-5-7-17/h3-7,12-14,16,18,20H,2,8-11,15H2,1H3/t16-,18-,20?. The van der Waals surface area contributed by atoms with E-state index in [9.17, 15) is 0 Å². The fourth-order valence-corrected chi connectivity index (χ4v) is 3.86. The van der Waals surface area contributed by atoms with Crippen molar-refractivity contribution in [1.29, 1.82) is 0 Å².